The fourth-order valence-corrected chi connectivity index (χ4v) is 1.58. The molecule has 1 aromatic heterocycles. The summed E-state index contributed by atoms with van der Waals surface area (Å²) in [4.78, 5) is 4.12. The molecule has 0 amide bonds. The minimum atomic E-state index is 0.817. The first-order valence-electron chi connectivity index (χ1n) is 5.67. The van der Waals surface area contributed by atoms with Gasteiger partial charge < -0.3 is 5.32 Å². The zero-order valence-corrected chi connectivity index (χ0v) is 9.24. The van der Waals surface area contributed by atoms with Gasteiger partial charge in [-0.15, -0.1) is 0 Å². The van der Waals surface area contributed by atoms with Crippen molar-refractivity contribution in [3.63, 3.8) is 0 Å². The van der Waals surface area contributed by atoms with Crippen LogP contribution in [-0.4, -0.2) is 17.6 Å². The van der Waals surface area contributed by atoms with Crippen molar-refractivity contribution in [3.05, 3.63) is 36.2 Å². The predicted octanol–water partition coefficient (Wildman–Crippen LogP) is 2.63. The zero-order valence-electron chi connectivity index (χ0n) is 9.24. The molecule has 1 N–H and O–H groups in total. The molecule has 0 bridgehead atoms. The Hall–Kier alpha value is -1.15. The molecule has 0 saturated heterocycles. The lowest BCUT2D eigenvalue weighted by Gasteiger charge is -2.02. The molecule has 0 aliphatic heterocycles. The Morgan fingerprint density at radius 3 is 3.13 bits per heavy atom. The highest BCUT2D eigenvalue weighted by Gasteiger charge is 2.19. The van der Waals surface area contributed by atoms with E-state index in [-0.39, 0.29) is 0 Å². The monoisotopic (exact) mass is 202 g/mol. The molecule has 0 aromatic carbocycles. The van der Waals surface area contributed by atoms with Crippen molar-refractivity contribution in [2.24, 2.45) is 0 Å². The Kier molecular flexibility index (Phi) is 3.51. The second-order valence-electron chi connectivity index (χ2n) is 4.15. The van der Waals surface area contributed by atoms with Gasteiger partial charge in [0.15, 0.2) is 0 Å². The van der Waals surface area contributed by atoms with Crippen molar-refractivity contribution in [1.82, 2.24) is 10.3 Å². The molecule has 1 aromatic rings. The van der Waals surface area contributed by atoms with Gasteiger partial charge in [-0.2, -0.15) is 0 Å². The highest BCUT2D eigenvalue weighted by molar-refractivity contribution is 5.62. The summed E-state index contributed by atoms with van der Waals surface area (Å²) in [5, 5.41) is 3.50. The predicted molar refractivity (Wildman–Crippen MR) is 63.5 cm³/mol. The number of nitrogens with zero attached hydrogens (tertiary/aromatic N) is 1. The van der Waals surface area contributed by atoms with Gasteiger partial charge in [-0.25, -0.2) is 0 Å². The third-order valence-corrected chi connectivity index (χ3v) is 2.72. The van der Waals surface area contributed by atoms with Crippen molar-refractivity contribution < 1.29 is 0 Å². The van der Waals surface area contributed by atoms with Gasteiger partial charge in [0.1, 0.15) is 0 Å². The van der Waals surface area contributed by atoms with Gasteiger partial charge in [0.25, 0.3) is 0 Å². The van der Waals surface area contributed by atoms with E-state index in [0.717, 1.165) is 19.0 Å². The largest absolute Gasteiger partial charge is 0.314 e. The molecule has 0 atom stereocenters. The Morgan fingerprint density at radius 1 is 1.60 bits per heavy atom. The lowest BCUT2D eigenvalue weighted by atomic mass is 10.1. The number of hydrogen-bond acceptors (Lipinski definition) is 2. The Bertz CT molecular complexity index is 326. The van der Waals surface area contributed by atoms with Gasteiger partial charge in [-0.05, 0) is 49.9 Å². The van der Waals surface area contributed by atoms with Crippen molar-refractivity contribution in [1.29, 1.82) is 0 Å². The van der Waals surface area contributed by atoms with E-state index in [4.69, 9.17) is 0 Å². The van der Waals surface area contributed by atoms with E-state index < -0.39 is 0 Å². The lowest BCUT2D eigenvalue weighted by Crippen LogP contribution is -2.16. The van der Waals surface area contributed by atoms with Crippen LogP contribution in [0.25, 0.3) is 5.57 Å². The van der Waals surface area contributed by atoms with Crippen LogP contribution >= 0.6 is 0 Å². The molecule has 1 saturated carbocycles. The fourth-order valence-electron chi connectivity index (χ4n) is 1.58. The van der Waals surface area contributed by atoms with Gasteiger partial charge in [0, 0.05) is 18.4 Å². The number of aromatic nitrogens is 1. The third-order valence-electron chi connectivity index (χ3n) is 2.72. The quantitative estimate of drug-likeness (QED) is 0.742. The van der Waals surface area contributed by atoms with E-state index in [2.05, 4.69) is 29.4 Å². The molecule has 1 heterocycles. The molecule has 1 fully saturated rings. The zero-order chi connectivity index (χ0) is 10.5. The van der Waals surface area contributed by atoms with Crippen LogP contribution in [0.15, 0.2) is 30.6 Å². The van der Waals surface area contributed by atoms with Crippen LogP contribution in [0.5, 0.6) is 0 Å². The summed E-state index contributed by atoms with van der Waals surface area (Å²) in [5.41, 5.74) is 2.55. The molecule has 0 radical (unpaired) electrons. The van der Waals surface area contributed by atoms with Crippen molar-refractivity contribution in [2.45, 2.75) is 32.2 Å². The normalized spacial score (nSPS) is 16.7. The number of rotatable bonds is 5. The molecule has 2 nitrogen and oxygen atoms in total. The molecule has 0 unspecified atom stereocenters. The molecular weight excluding hydrogens is 184 g/mol. The molecular formula is C13H18N2. The van der Waals surface area contributed by atoms with Crippen molar-refractivity contribution >= 4 is 5.57 Å². The van der Waals surface area contributed by atoms with E-state index >= 15 is 0 Å². The summed E-state index contributed by atoms with van der Waals surface area (Å²) >= 11 is 0. The highest BCUT2D eigenvalue weighted by Crippen LogP contribution is 2.18. The van der Waals surface area contributed by atoms with E-state index in [1.165, 1.54) is 24.0 Å². The molecule has 1 aliphatic carbocycles. The van der Waals surface area contributed by atoms with Gasteiger partial charge in [-0.1, -0.05) is 12.1 Å². The van der Waals surface area contributed by atoms with Gasteiger partial charge in [-0.3, -0.25) is 4.98 Å². The second kappa shape index (κ2) is 5.08. The molecule has 1 aliphatic rings. The standard InChI is InChI=1S/C13H18N2/c1-11(12-5-3-8-14-10-12)4-2-9-15-13-6-7-13/h3-5,8,10,13,15H,2,6-7,9H2,1H3. The van der Waals surface area contributed by atoms with Crippen LogP contribution < -0.4 is 5.32 Å². The van der Waals surface area contributed by atoms with Crippen LogP contribution in [0, 0.1) is 0 Å². The Morgan fingerprint density at radius 2 is 2.47 bits per heavy atom. The lowest BCUT2D eigenvalue weighted by molar-refractivity contribution is 0.690. The molecule has 0 spiro atoms. The van der Waals surface area contributed by atoms with Crippen LogP contribution in [0.1, 0.15) is 31.7 Å². The van der Waals surface area contributed by atoms with Crippen molar-refractivity contribution in [3.8, 4) is 0 Å². The minimum Gasteiger partial charge on any atom is -0.314 e. The smallest absolute Gasteiger partial charge is 0.0342 e. The van der Waals surface area contributed by atoms with E-state index in [9.17, 15) is 0 Å². The van der Waals surface area contributed by atoms with E-state index in [1.54, 1.807) is 0 Å². The first kappa shape index (κ1) is 10.4. The summed E-state index contributed by atoms with van der Waals surface area (Å²) in [6.07, 6.45) is 9.85. The Balaban J connectivity index is 1.78. The number of nitrogens with one attached hydrogen (secondary N) is 1. The van der Waals surface area contributed by atoms with Crippen LogP contribution in [0.4, 0.5) is 0 Å². The average Bonchev–Trinajstić information content (AvgIpc) is 3.09. The summed E-state index contributed by atoms with van der Waals surface area (Å²) in [5.74, 6) is 0. The maximum atomic E-state index is 4.12. The van der Waals surface area contributed by atoms with E-state index in [0.29, 0.717) is 0 Å². The first-order valence-corrected chi connectivity index (χ1v) is 5.67. The summed E-state index contributed by atoms with van der Waals surface area (Å²) < 4.78 is 0. The average molecular weight is 202 g/mol. The summed E-state index contributed by atoms with van der Waals surface area (Å²) in [7, 11) is 0. The van der Waals surface area contributed by atoms with Gasteiger partial charge >= 0.3 is 0 Å². The Labute approximate surface area is 91.4 Å². The van der Waals surface area contributed by atoms with Crippen LogP contribution in [0.3, 0.4) is 0 Å². The SMILES string of the molecule is CC(=CCCNC1CC1)c1cccnc1. The maximum Gasteiger partial charge on any atom is 0.0342 e. The number of allylic oxidation sites excluding steroid dienone is 1. The summed E-state index contributed by atoms with van der Waals surface area (Å²) in [6, 6.07) is 4.90. The summed E-state index contributed by atoms with van der Waals surface area (Å²) in [6.45, 7) is 3.25. The van der Waals surface area contributed by atoms with Crippen molar-refractivity contribution in [2.75, 3.05) is 6.54 Å². The molecule has 80 valence electrons. The topological polar surface area (TPSA) is 24.9 Å². The number of hydrogen-bond donors (Lipinski definition) is 1. The molecule has 15 heavy (non-hydrogen) atoms. The highest BCUT2D eigenvalue weighted by atomic mass is 14.9. The third kappa shape index (κ3) is 3.48. The van der Waals surface area contributed by atoms with E-state index in [1.807, 2.05) is 18.5 Å². The maximum absolute atomic E-state index is 4.12. The first-order chi connectivity index (χ1) is 7.36. The fraction of sp³-hybridized carbons (Fsp3) is 0.462. The molecule has 2 heteroatoms. The van der Waals surface area contributed by atoms with Gasteiger partial charge in [0.2, 0.25) is 0 Å². The van der Waals surface area contributed by atoms with Crippen LogP contribution in [0.2, 0.25) is 0 Å². The minimum absolute atomic E-state index is 0.817. The molecule has 2 rings (SSSR count). The van der Waals surface area contributed by atoms with Crippen LogP contribution in [-0.2, 0) is 0 Å². The number of pyridine rings is 1. The second-order valence-corrected chi connectivity index (χ2v) is 4.15. The van der Waals surface area contributed by atoms with Gasteiger partial charge in [0.05, 0.1) is 0 Å².